The van der Waals surface area contributed by atoms with Crippen LogP contribution in [0.4, 0.5) is 0 Å². The maximum atomic E-state index is 13.2. The molecule has 0 saturated heterocycles. The van der Waals surface area contributed by atoms with Crippen LogP contribution in [0.3, 0.4) is 0 Å². The van der Waals surface area contributed by atoms with E-state index in [0.29, 0.717) is 13.2 Å². The van der Waals surface area contributed by atoms with E-state index in [9.17, 15) is 4.57 Å². The first-order valence-corrected chi connectivity index (χ1v) is 10.6. The van der Waals surface area contributed by atoms with Gasteiger partial charge in [-0.3, -0.25) is 9.05 Å². The van der Waals surface area contributed by atoms with E-state index in [1.807, 2.05) is 58.9 Å². The molecule has 0 amide bonds. The van der Waals surface area contributed by atoms with Crippen molar-refractivity contribution in [3.05, 3.63) is 24.3 Å². The minimum Gasteiger partial charge on any atom is -0.296 e. The quantitative estimate of drug-likeness (QED) is 0.465. The van der Waals surface area contributed by atoms with E-state index in [1.165, 1.54) is 11.9 Å². The Morgan fingerprint density at radius 3 is 2.35 bits per heavy atom. The summed E-state index contributed by atoms with van der Waals surface area (Å²) in [6, 6.07) is 7.95. The Kier molecular flexibility index (Phi) is 6.28. The summed E-state index contributed by atoms with van der Waals surface area (Å²) in [7, 11) is -3.40. The molecule has 0 N–H and O–H groups in total. The number of thiazole rings is 1. The fourth-order valence-electron chi connectivity index (χ4n) is 1.99. The van der Waals surface area contributed by atoms with Crippen molar-refractivity contribution >= 4 is 41.2 Å². The maximum Gasteiger partial charge on any atom is 0.418 e. The Hall–Kier alpha value is -0.430. The van der Waals surface area contributed by atoms with E-state index in [-0.39, 0.29) is 0 Å². The highest BCUT2D eigenvalue weighted by Gasteiger charge is 2.42. The minimum absolute atomic E-state index is 0.324. The first-order valence-electron chi connectivity index (χ1n) is 7.53. The van der Waals surface area contributed by atoms with Crippen molar-refractivity contribution in [1.82, 2.24) is 9.06 Å². The van der Waals surface area contributed by atoms with E-state index in [0.717, 1.165) is 14.6 Å². The standard InChI is InChI=1S/C15H23N2O3PS2/c1-6-19-21(18,20-7-2)17(15(3,4)5)23-14-16-12-10-8-9-11-13(12)22-14/h8-11H,6-7H2,1-5H3. The summed E-state index contributed by atoms with van der Waals surface area (Å²) >= 11 is 2.91. The third-order valence-corrected chi connectivity index (χ3v) is 8.15. The number of para-hydroxylation sites is 1. The fourth-order valence-corrected chi connectivity index (χ4v) is 6.64. The van der Waals surface area contributed by atoms with E-state index in [2.05, 4.69) is 4.98 Å². The molecule has 0 saturated carbocycles. The number of hydrogen-bond acceptors (Lipinski definition) is 6. The minimum atomic E-state index is -3.40. The number of rotatable bonds is 7. The predicted octanol–water partition coefficient (Wildman–Crippen LogP) is 5.59. The highest BCUT2D eigenvalue weighted by Crippen LogP contribution is 2.60. The van der Waals surface area contributed by atoms with Gasteiger partial charge in [0.1, 0.15) is 0 Å². The number of fused-ring (bicyclic) bond motifs is 1. The summed E-state index contributed by atoms with van der Waals surface area (Å²) in [5.74, 6) is 0. The number of nitrogens with zero attached hydrogens (tertiary/aromatic N) is 2. The molecular formula is C15H23N2O3PS2. The molecular weight excluding hydrogens is 351 g/mol. The second-order valence-electron chi connectivity index (χ2n) is 5.79. The predicted molar refractivity (Wildman–Crippen MR) is 97.9 cm³/mol. The lowest BCUT2D eigenvalue weighted by Gasteiger charge is -2.37. The second-order valence-corrected chi connectivity index (χ2v) is 10.1. The van der Waals surface area contributed by atoms with Gasteiger partial charge in [-0.1, -0.05) is 12.1 Å². The molecule has 8 heteroatoms. The highest BCUT2D eigenvalue weighted by atomic mass is 32.2. The number of benzene rings is 1. The molecule has 0 unspecified atom stereocenters. The third kappa shape index (κ3) is 4.56. The molecule has 23 heavy (non-hydrogen) atoms. The average molecular weight is 374 g/mol. The molecule has 0 atom stereocenters. The lowest BCUT2D eigenvalue weighted by atomic mass is 10.1. The van der Waals surface area contributed by atoms with Crippen molar-refractivity contribution in [3.8, 4) is 0 Å². The topological polar surface area (TPSA) is 51.7 Å². The van der Waals surface area contributed by atoms with Crippen molar-refractivity contribution in [1.29, 1.82) is 0 Å². The Labute approximate surface area is 146 Å². The van der Waals surface area contributed by atoms with Crippen LogP contribution in [0, 0.1) is 0 Å². The van der Waals surface area contributed by atoms with Gasteiger partial charge in [0.15, 0.2) is 4.34 Å². The Bertz CT molecular complexity index is 656. The zero-order chi connectivity index (χ0) is 17.1. The van der Waals surface area contributed by atoms with E-state index in [4.69, 9.17) is 9.05 Å². The molecule has 0 spiro atoms. The fraction of sp³-hybridized carbons (Fsp3) is 0.533. The van der Waals surface area contributed by atoms with E-state index in [1.54, 1.807) is 15.4 Å². The molecule has 0 aliphatic heterocycles. The lowest BCUT2D eigenvalue weighted by molar-refractivity contribution is 0.172. The van der Waals surface area contributed by atoms with Crippen molar-refractivity contribution < 1.29 is 13.6 Å². The summed E-state index contributed by atoms with van der Waals surface area (Å²) in [4.78, 5) is 4.61. The SMILES string of the molecule is CCOP(=O)(OCC)N(Sc1nc2ccccc2s1)C(C)(C)C. The molecule has 1 aromatic carbocycles. The Morgan fingerprint density at radius 1 is 1.22 bits per heavy atom. The van der Waals surface area contributed by atoms with Crippen LogP contribution in [0.1, 0.15) is 34.6 Å². The maximum absolute atomic E-state index is 13.2. The van der Waals surface area contributed by atoms with Crippen LogP contribution in [0.5, 0.6) is 0 Å². The Morgan fingerprint density at radius 2 is 1.83 bits per heavy atom. The van der Waals surface area contributed by atoms with Gasteiger partial charge >= 0.3 is 7.75 Å². The van der Waals surface area contributed by atoms with Crippen molar-refractivity contribution in [3.63, 3.8) is 0 Å². The van der Waals surface area contributed by atoms with Gasteiger partial charge < -0.3 is 0 Å². The van der Waals surface area contributed by atoms with Gasteiger partial charge in [-0.25, -0.2) is 9.55 Å². The van der Waals surface area contributed by atoms with Gasteiger partial charge in [0.25, 0.3) is 0 Å². The molecule has 1 aromatic heterocycles. The molecule has 128 valence electrons. The lowest BCUT2D eigenvalue weighted by Crippen LogP contribution is -2.34. The van der Waals surface area contributed by atoms with Gasteiger partial charge in [-0.2, -0.15) is 0 Å². The largest absolute Gasteiger partial charge is 0.418 e. The van der Waals surface area contributed by atoms with Crippen LogP contribution >= 0.6 is 31.0 Å². The van der Waals surface area contributed by atoms with Crippen LogP contribution < -0.4 is 0 Å². The summed E-state index contributed by atoms with van der Waals surface area (Å²) in [5, 5.41) is 0. The summed E-state index contributed by atoms with van der Waals surface area (Å²) in [6.07, 6.45) is 0. The molecule has 2 aromatic rings. The molecule has 0 aliphatic rings. The third-order valence-electron chi connectivity index (χ3n) is 2.82. The van der Waals surface area contributed by atoms with Gasteiger partial charge in [0, 0.05) is 17.5 Å². The van der Waals surface area contributed by atoms with Crippen molar-refractivity contribution in [2.45, 2.75) is 44.5 Å². The number of aromatic nitrogens is 1. The molecule has 5 nitrogen and oxygen atoms in total. The van der Waals surface area contributed by atoms with Crippen LogP contribution in [-0.4, -0.2) is 27.8 Å². The van der Waals surface area contributed by atoms with E-state index >= 15 is 0 Å². The molecule has 0 aliphatic carbocycles. The van der Waals surface area contributed by atoms with Crippen LogP contribution in [0.15, 0.2) is 28.6 Å². The zero-order valence-electron chi connectivity index (χ0n) is 14.1. The monoisotopic (exact) mass is 374 g/mol. The number of hydrogen-bond donors (Lipinski definition) is 0. The summed E-state index contributed by atoms with van der Waals surface area (Å²) < 4.78 is 27.9. The first kappa shape index (κ1) is 18.9. The van der Waals surface area contributed by atoms with Crippen molar-refractivity contribution in [2.75, 3.05) is 13.2 Å². The van der Waals surface area contributed by atoms with Crippen molar-refractivity contribution in [2.24, 2.45) is 0 Å². The van der Waals surface area contributed by atoms with Crippen LogP contribution in [-0.2, 0) is 13.6 Å². The molecule has 2 rings (SSSR count). The molecule has 0 bridgehead atoms. The average Bonchev–Trinajstić information content (AvgIpc) is 2.86. The summed E-state index contributed by atoms with van der Waals surface area (Å²) in [6.45, 7) is 10.2. The molecule has 0 fully saturated rings. The van der Waals surface area contributed by atoms with Crippen LogP contribution in [0.25, 0.3) is 10.2 Å². The van der Waals surface area contributed by atoms with Gasteiger partial charge in [-0.05, 0) is 46.8 Å². The van der Waals surface area contributed by atoms with E-state index < -0.39 is 13.3 Å². The normalized spacial score (nSPS) is 13.1. The molecule has 0 radical (unpaired) electrons. The zero-order valence-corrected chi connectivity index (χ0v) is 16.6. The Balaban J connectivity index is 2.36. The highest BCUT2D eigenvalue weighted by molar-refractivity contribution is 8.03. The van der Waals surface area contributed by atoms with Gasteiger partial charge in [-0.15, -0.1) is 15.4 Å². The smallest absolute Gasteiger partial charge is 0.296 e. The first-order chi connectivity index (χ1) is 10.8. The second kappa shape index (κ2) is 7.64. The van der Waals surface area contributed by atoms with Gasteiger partial charge in [0.2, 0.25) is 0 Å². The van der Waals surface area contributed by atoms with Gasteiger partial charge in [0.05, 0.1) is 23.4 Å². The molecule has 1 heterocycles. The van der Waals surface area contributed by atoms with Crippen LogP contribution in [0.2, 0.25) is 0 Å². The summed E-state index contributed by atoms with van der Waals surface area (Å²) in [5.41, 5.74) is 0.527.